The maximum absolute atomic E-state index is 11.5. The summed E-state index contributed by atoms with van der Waals surface area (Å²) < 4.78 is 28.3. The van der Waals surface area contributed by atoms with Gasteiger partial charge in [-0.25, -0.2) is 13.6 Å². The van der Waals surface area contributed by atoms with Crippen LogP contribution in [0.2, 0.25) is 0 Å². The van der Waals surface area contributed by atoms with Crippen molar-refractivity contribution in [2.75, 3.05) is 6.61 Å². The van der Waals surface area contributed by atoms with Crippen LogP contribution in [0.5, 0.6) is 5.75 Å². The highest BCUT2D eigenvalue weighted by atomic mass is 32.2. The average molecular weight is 261 g/mol. The van der Waals surface area contributed by atoms with Crippen molar-refractivity contribution in [3.05, 3.63) is 36.4 Å². The van der Waals surface area contributed by atoms with E-state index in [1.54, 1.807) is 30.3 Å². The third kappa shape index (κ3) is 2.30. The Morgan fingerprint density at radius 3 is 2.44 bits per heavy atom. The van der Waals surface area contributed by atoms with Crippen molar-refractivity contribution >= 4 is 20.8 Å². The number of hydrogen-bond donors (Lipinski definition) is 1. The molecule has 4 nitrogen and oxygen atoms in total. The first-order valence-electron chi connectivity index (χ1n) is 5.15. The summed E-state index contributed by atoms with van der Waals surface area (Å²) >= 11 is 0. The summed E-state index contributed by atoms with van der Waals surface area (Å²) in [6, 6.07) is 9.94. The van der Waals surface area contributed by atoms with Gasteiger partial charge in [0.1, 0.15) is 12.4 Å². The Labute approximate surface area is 105 Å². The van der Waals surface area contributed by atoms with Crippen molar-refractivity contribution in [2.24, 2.45) is 5.14 Å². The third-order valence-electron chi connectivity index (χ3n) is 2.46. The van der Waals surface area contributed by atoms with Gasteiger partial charge in [-0.15, -0.1) is 6.42 Å². The Balaban J connectivity index is 2.71. The number of rotatable bonds is 3. The highest BCUT2D eigenvalue weighted by Crippen LogP contribution is 2.30. The molecule has 0 bridgehead atoms. The minimum absolute atomic E-state index is 0.0751. The number of benzene rings is 2. The lowest BCUT2D eigenvalue weighted by molar-refractivity contribution is 0.374. The predicted molar refractivity (Wildman–Crippen MR) is 69.6 cm³/mol. The second-order valence-electron chi connectivity index (χ2n) is 3.65. The molecule has 18 heavy (non-hydrogen) atoms. The molecule has 0 heterocycles. The molecule has 2 aromatic rings. The van der Waals surface area contributed by atoms with Gasteiger partial charge >= 0.3 is 0 Å². The number of hydrogen-bond acceptors (Lipinski definition) is 3. The molecule has 0 spiro atoms. The van der Waals surface area contributed by atoms with Gasteiger partial charge in [-0.3, -0.25) is 0 Å². The van der Waals surface area contributed by atoms with Crippen molar-refractivity contribution in [1.29, 1.82) is 0 Å². The number of terminal acetylenes is 1. The quantitative estimate of drug-likeness (QED) is 0.851. The predicted octanol–water partition coefficient (Wildman–Crippen LogP) is 1.50. The van der Waals surface area contributed by atoms with Crippen molar-refractivity contribution in [2.45, 2.75) is 4.90 Å². The Morgan fingerprint density at radius 1 is 1.17 bits per heavy atom. The van der Waals surface area contributed by atoms with Gasteiger partial charge in [-0.1, -0.05) is 30.2 Å². The molecule has 0 saturated carbocycles. The van der Waals surface area contributed by atoms with E-state index in [2.05, 4.69) is 5.92 Å². The summed E-state index contributed by atoms with van der Waals surface area (Å²) in [5.41, 5.74) is 0. The van der Waals surface area contributed by atoms with Crippen LogP contribution in [0.3, 0.4) is 0 Å². The lowest BCUT2D eigenvalue weighted by atomic mass is 10.1. The van der Waals surface area contributed by atoms with Gasteiger partial charge in [0, 0.05) is 10.8 Å². The van der Waals surface area contributed by atoms with Gasteiger partial charge in [0.05, 0.1) is 4.90 Å². The number of sulfonamides is 1. The van der Waals surface area contributed by atoms with E-state index in [-0.39, 0.29) is 11.5 Å². The number of nitrogens with two attached hydrogens (primary N) is 1. The summed E-state index contributed by atoms with van der Waals surface area (Å²) in [5.74, 6) is 2.90. The maximum atomic E-state index is 11.5. The molecule has 2 rings (SSSR count). The second-order valence-corrected chi connectivity index (χ2v) is 5.18. The normalized spacial score (nSPS) is 11.1. The molecule has 2 N–H and O–H groups in total. The van der Waals surface area contributed by atoms with Crippen LogP contribution in [0.1, 0.15) is 0 Å². The Kier molecular flexibility index (Phi) is 3.24. The average Bonchev–Trinajstić information content (AvgIpc) is 2.34. The Hall–Kier alpha value is -2.03. The van der Waals surface area contributed by atoms with E-state index in [1.165, 1.54) is 6.07 Å². The van der Waals surface area contributed by atoms with E-state index in [1.807, 2.05) is 0 Å². The molecule has 0 atom stereocenters. The van der Waals surface area contributed by atoms with Gasteiger partial charge in [-0.2, -0.15) is 0 Å². The molecule has 0 aliphatic heterocycles. The van der Waals surface area contributed by atoms with Crippen LogP contribution in [0.4, 0.5) is 0 Å². The lowest BCUT2D eigenvalue weighted by Gasteiger charge is -2.09. The van der Waals surface area contributed by atoms with Gasteiger partial charge in [0.15, 0.2) is 0 Å². The van der Waals surface area contributed by atoms with E-state index in [0.29, 0.717) is 16.5 Å². The number of fused-ring (bicyclic) bond motifs is 1. The standard InChI is InChI=1S/C13H11NO3S/c1-2-9-17-12-7-8-13(18(14,15)16)11-6-4-3-5-10(11)12/h1,3-8H,9H2,(H2,14,15,16). The second kappa shape index (κ2) is 4.69. The Bertz CT molecular complexity index is 729. The fourth-order valence-electron chi connectivity index (χ4n) is 1.74. The van der Waals surface area contributed by atoms with Crippen LogP contribution < -0.4 is 9.88 Å². The first kappa shape index (κ1) is 12.4. The van der Waals surface area contributed by atoms with Gasteiger partial charge < -0.3 is 4.74 Å². The smallest absolute Gasteiger partial charge is 0.238 e. The van der Waals surface area contributed by atoms with Crippen LogP contribution >= 0.6 is 0 Å². The van der Waals surface area contributed by atoms with E-state index < -0.39 is 10.0 Å². The maximum Gasteiger partial charge on any atom is 0.238 e. The molecular formula is C13H11NO3S. The van der Waals surface area contributed by atoms with Crippen LogP contribution in [0.15, 0.2) is 41.3 Å². The Morgan fingerprint density at radius 2 is 1.83 bits per heavy atom. The topological polar surface area (TPSA) is 69.4 Å². The largest absolute Gasteiger partial charge is 0.480 e. The van der Waals surface area contributed by atoms with E-state index in [0.717, 1.165) is 0 Å². The van der Waals surface area contributed by atoms with Crippen molar-refractivity contribution < 1.29 is 13.2 Å². The third-order valence-corrected chi connectivity index (χ3v) is 3.43. The van der Waals surface area contributed by atoms with Crippen molar-refractivity contribution in [1.82, 2.24) is 0 Å². The molecule has 0 aliphatic carbocycles. The molecule has 2 aromatic carbocycles. The molecule has 0 amide bonds. The van der Waals surface area contributed by atoms with E-state index in [9.17, 15) is 8.42 Å². The minimum Gasteiger partial charge on any atom is -0.480 e. The molecule has 5 heteroatoms. The summed E-state index contributed by atoms with van der Waals surface area (Å²) in [6.45, 7) is 0.124. The van der Waals surface area contributed by atoms with E-state index in [4.69, 9.17) is 16.3 Å². The van der Waals surface area contributed by atoms with Crippen molar-refractivity contribution in [3.8, 4) is 18.1 Å². The monoisotopic (exact) mass is 261 g/mol. The lowest BCUT2D eigenvalue weighted by Crippen LogP contribution is -2.12. The molecule has 0 aromatic heterocycles. The zero-order chi connectivity index (χ0) is 13.2. The van der Waals surface area contributed by atoms with Crippen LogP contribution in [-0.4, -0.2) is 15.0 Å². The van der Waals surface area contributed by atoms with Crippen LogP contribution in [-0.2, 0) is 10.0 Å². The first-order valence-corrected chi connectivity index (χ1v) is 6.69. The fraction of sp³-hybridized carbons (Fsp3) is 0.0769. The molecule has 0 unspecified atom stereocenters. The molecular weight excluding hydrogens is 250 g/mol. The van der Waals surface area contributed by atoms with Gasteiger partial charge in [-0.05, 0) is 12.1 Å². The minimum atomic E-state index is -3.76. The summed E-state index contributed by atoms with van der Waals surface area (Å²) in [7, 11) is -3.76. The van der Waals surface area contributed by atoms with Gasteiger partial charge in [0.25, 0.3) is 0 Å². The summed E-state index contributed by atoms with van der Waals surface area (Å²) in [4.78, 5) is 0.0751. The SMILES string of the molecule is C#CCOc1ccc(S(N)(=O)=O)c2ccccc12. The number of ether oxygens (including phenoxy) is 1. The highest BCUT2D eigenvalue weighted by molar-refractivity contribution is 7.89. The summed E-state index contributed by atoms with van der Waals surface area (Å²) in [6.07, 6.45) is 5.13. The van der Waals surface area contributed by atoms with Crippen LogP contribution in [0, 0.1) is 12.3 Å². The van der Waals surface area contributed by atoms with E-state index >= 15 is 0 Å². The van der Waals surface area contributed by atoms with Crippen molar-refractivity contribution in [3.63, 3.8) is 0 Å². The molecule has 0 aliphatic rings. The zero-order valence-electron chi connectivity index (χ0n) is 9.46. The number of primary sulfonamides is 1. The molecule has 0 fully saturated rings. The first-order chi connectivity index (χ1) is 8.54. The molecule has 92 valence electrons. The van der Waals surface area contributed by atoms with Crippen LogP contribution in [0.25, 0.3) is 10.8 Å². The highest BCUT2D eigenvalue weighted by Gasteiger charge is 2.14. The molecule has 0 saturated heterocycles. The van der Waals surface area contributed by atoms with Gasteiger partial charge in [0.2, 0.25) is 10.0 Å². The zero-order valence-corrected chi connectivity index (χ0v) is 10.3. The fourth-order valence-corrected chi connectivity index (χ4v) is 2.48. The summed E-state index contributed by atoms with van der Waals surface area (Å²) in [5, 5.41) is 6.36. The molecule has 0 radical (unpaired) electrons.